The molecule has 4 rings (SSSR count). The van der Waals surface area contributed by atoms with Crippen LogP contribution in [-0.2, 0) is 0 Å². The normalized spacial score (nSPS) is 12.1. The predicted molar refractivity (Wildman–Crippen MR) is 76.7 cm³/mol. The van der Waals surface area contributed by atoms with Gasteiger partial charge >= 0.3 is 0 Å². The Bertz CT molecular complexity index is 772. The van der Waals surface area contributed by atoms with Crippen molar-refractivity contribution in [3.8, 4) is 22.6 Å². The van der Waals surface area contributed by atoms with Crippen molar-refractivity contribution in [1.29, 1.82) is 0 Å². The van der Waals surface area contributed by atoms with Crippen LogP contribution in [0.3, 0.4) is 0 Å². The molecule has 3 aromatic carbocycles. The number of rotatable bonds is 0. The highest BCUT2D eigenvalue weighted by Crippen LogP contribution is 2.46. The summed E-state index contributed by atoms with van der Waals surface area (Å²) in [5, 5.41) is 2.40. The lowest BCUT2D eigenvalue weighted by molar-refractivity contribution is 0.486. The molecule has 0 bridgehead atoms. The van der Waals surface area contributed by atoms with Crippen LogP contribution in [0, 0.1) is 0 Å². The van der Waals surface area contributed by atoms with Crippen LogP contribution in [0.25, 0.3) is 21.9 Å². The number of benzene rings is 3. The Labute approximate surface area is 110 Å². The maximum Gasteiger partial charge on any atom is 0.135 e. The SMILES string of the molecule is Sc1ccc2c(c1)-c1cccc3cccc(c13)O2. The molecule has 0 fully saturated rings. The van der Waals surface area contributed by atoms with E-state index in [0.717, 1.165) is 22.0 Å². The van der Waals surface area contributed by atoms with E-state index in [-0.39, 0.29) is 0 Å². The molecule has 2 heteroatoms. The summed E-state index contributed by atoms with van der Waals surface area (Å²) in [4.78, 5) is 0.953. The Kier molecular flexibility index (Phi) is 1.97. The first-order valence-electron chi connectivity index (χ1n) is 5.86. The van der Waals surface area contributed by atoms with Gasteiger partial charge in [0.15, 0.2) is 0 Å². The minimum Gasteiger partial charge on any atom is -0.456 e. The van der Waals surface area contributed by atoms with Crippen molar-refractivity contribution in [2.45, 2.75) is 4.90 Å². The van der Waals surface area contributed by atoms with Crippen molar-refractivity contribution in [3.63, 3.8) is 0 Å². The summed E-state index contributed by atoms with van der Waals surface area (Å²) < 4.78 is 5.97. The molecule has 0 radical (unpaired) electrons. The third-order valence-corrected chi connectivity index (χ3v) is 3.62. The lowest BCUT2D eigenvalue weighted by Gasteiger charge is -2.21. The van der Waals surface area contributed by atoms with Crippen LogP contribution in [0.1, 0.15) is 0 Å². The third-order valence-electron chi connectivity index (χ3n) is 3.34. The Balaban J connectivity index is 2.18. The Hall–Kier alpha value is -1.93. The van der Waals surface area contributed by atoms with E-state index in [1.165, 1.54) is 16.3 Å². The smallest absolute Gasteiger partial charge is 0.135 e. The standard InChI is InChI=1S/C16H10OS/c18-11-7-8-14-13(9-11)12-5-1-3-10-4-2-6-15(17-14)16(10)12/h1-9,18H. The van der Waals surface area contributed by atoms with Gasteiger partial charge in [-0.05, 0) is 35.2 Å². The summed E-state index contributed by atoms with van der Waals surface area (Å²) in [6.07, 6.45) is 0. The van der Waals surface area contributed by atoms with Gasteiger partial charge in [-0.3, -0.25) is 0 Å². The van der Waals surface area contributed by atoms with Crippen molar-refractivity contribution in [2.75, 3.05) is 0 Å². The molecule has 0 aromatic heterocycles. The lowest BCUT2D eigenvalue weighted by atomic mass is 9.95. The molecule has 0 aliphatic carbocycles. The van der Waals surface area contributed by atoms with Crippen LogP contribution in [-0.4, -0.2) is 0 Å². The highest BCUT2D eigenvalue weighted by atomic mass is 32.1. The van der Waals surface area contributed by atoms with Crippen LogP contribution < -0.4 is 4.74 Å². The zero-order chi connectivity index (χ0) is 12.1. The molecule has 3 aromatic rings. The van der Waals surface area contributed by atoms with E-state index >= 15 is 0 Å². The summed E-state index contributed by atoms with van der Waals surface area (Å²) in [7, 11) is 0. The van der Waals surface area contributed by atoms with Crippen LogP contribution >= 0.6 is 12.6 Å². The fourth-order valence-electron chi connectivity index (χ4n) is 2.55. The Morgan fingerprint density at radius 2 is 1.61 bits per heavy atom. The van der Waals surface area contributed by atoms with Crippen LogP contribution in [0.5, 0.6) is 11.5 Å². The topological polar surface area (TPSA) is 9.23 Å². The van der Waals surface area contributed by atoms with Crippen LogP contribution in [0.4, 0.5) is 0 Å². The molecule has 0 unspecified atom stereocenters. The third kappa shape index (κ3) is 1.30. The highest BCUT2D eigenvalue weighted by Gasteiger charge is 2.19. The van der Waals surface area contributed by atoms with Gasteiger partial charge in [-0.2, -0.15) is 0 Å². The minimum atomic E-state index is 0.902. The van der Waals surface area contributed by atoms with Gasteiger partial charge in [0.25, 0.3) is 0 Å². The first kappa shape index (κ1) is 10.0. The molecule has 1 aliphatic rings. The van der Waals surface area contributed by atoms with Gasteiger partial charge < -0.3 is 4.74 Å². The molecule has 1 heterocycles. The molecule has 1 aliphatic heterocycles. The van der Waals surface area contributed by atoms with E-state index in [4.69, 9.17) is 4.74 Å². The molecular formula is C16H10OS. The molecule has 0 saturated heterocycles. The highest BCUT2D eigenvalue weighted by molar-refractivity contribution is 7.80. The van der Waals surface area contributed by atoms with E-state index < -0.39 is 0 Å². The maximum atomic E-state index is 5.97. The summed E-state index contributed by atoms with van der Waals surface area (Å²) in [5.74, 6) is 1.83. The molecule has 0 spiro atoms. The molecule has 0 N–H and O–H groups in total. The largest absolute Gasteiger partial charge is 0.456 e. The van der Waals surface area contributed by atoms with Gasteiger partial charge in [0.05, 0.1) is 0 Å². The molecule has 0 saturated carbocycles. The van der Waals surface area contributed by atoms with Crippen molar-refractivity contribution in [1.82, 2.24) is 0 Å². The molecule has 0 amide bonds. The summed E-state index contributed by atoms with van der Waals surface area (Å²) >= 11 is 4.41. The molecule has 1 nitrogen and oxygen atoms in total. The van der Waals surface area contributed by atoms with Gasteiger partial charge in [-0.1, -0.05) is 30.3 Å². The second-order valence-electron chi connectivity index (χ2n) is 4.44. The second kappa shape index (κ2) is 3.53. The minimum absolute atomic E-state index is 0.902. The van der Waals surface area contributed by atoms with Crippen LogP contribution in [0.2, 0.25) is 0 Å². The van der Waals surface area contributed by atoms with Gasteiger partial charge in [0, 0.05) is 15.8 Å². The first-order chi connectivity index (χ1) is 8.83. The number of thiol groups is 1. The summed E-state index contributed by atoms with van der Waals surface area (Å²) in [6, 6.07) is 18.5. The monoisotopic (exact) mass is 250 g/mol. The second-order valence-corrected chi connectivity index (χ2v) is 4.96. The summed E-state index contributed by atoms with van der Waals surface area (Å²) in [6.45, 7) is 0. The number of ether oxygens (including phenoxy) is 1. The Morgan fingerprint density at radius 1 is 0.778 bits per heavy atom. The van der Waals surface area contributed by atoms with Gasteiger partial charge in [0.2, 0.25) is 0 Å². The van der Waals surface area contributed by atoms with Crippen LogP contribution in [0.15, 0.2) is 59.5 Å². The quantitative estimate of drug-likeness (QED) is 0.437. The van der Waals surface area contributed by atoms with Crippen molar-refractivity contribution in [3.05, 3.63) is 54.6 Å². The van der Waals surface area contributed by atoms with Gasteiger partial charge in [-0.25, -0.2) is 0 Å². The number of hydrogen-bond acceptors (Lipinski definition) is 2. The first-order valence-corrected chi connectivity index (χ1v) is 6.31. The van der Waals surface area contributed by atoms with Crippen molar-refractivity contribution < 1.29 is 4.74 Å². The molecule has 18 heavy (non-hydrogen) atoms. The predicted octanol–water partition coefficient (Wildman–Crippen LogP) is 4.90. The van der Waals surface area contributed by atoms with Gasteiger partial charge in [0.1, 0.15) is 11.5 Å². The zero-order valence-electron chi connectivity index (χ0n) is 9.55. The van der Waals surface area contributed by atoms with Crippen molar-refractivity contribution in [2.24, 2.45) is 0 Å². The zero-order valence-corrected chi connectivity index (χ0v) is 10.4. The Morgan fingerprint density at radius 3 is 2.50 bits per heavy atom. The maximum absolute atomic E-state index is 5.97. The molecule has 0 atom stereocenters. The van der Waals surface area contributed by atoms with E-state index in [1.807, 2.05) is 24.3 Å². The van der Waals surface area contributed by atoms with Crippen molar-refractivity contribution >= 4 is 23.4 Å². The number of hydrogen-bond donors (Lipinski definition) is 1. The fourth-order valence-corrected chi connectivity index (χ4v) is 2.76. The average molecular weight is 250 g/mol. The van der Waals surface area contributed by atoms with E-state index in [9.17, 15) is 0 Å². The van der Waals surface area contributed by atoms with E-state index in [0.29, 0.717) is 0 Å². The van der Waals surface area contributed by atoms with Gasteiger partial charge in [-0.15, -0.1) is 12.6 Å². The number of fused-ring (bicyclic) bond motifs is 2. The van der Waals surface area contributed by atoms with E-state index in [2.05, 4.69) is 43.0 Å². The van der Waals surface area contributed by atoms with E-state index in [1.54, 1.807) is 0 Å². The fraction of sp³-hybridized carbons (Fsp3) is 0. The summed E-state index contributed by atoms with van der Waals surface area (Å²) in [5.41, 5.74) is 2.34. The molecule has 86 valence electrons. The lowest BCUT2D eigenvalue weighted by Crippen LogP contribution is -1.96. The molecular weight excluding hydrogens is 240 g/mol. The average Bonchev–Trinajstić information content (AvgIpc) is 2.40.